The quantitative estimate of drug-likeness (QED) is 0.755. The normalized spacial score (nSPS) is 13.0. The van der Waals surface area contributed by atoms with Crippen molar-refractivity contribution in [2.24, 2.45) is 0 Å². The van der Waals surface area contributed by atoms with Gasteiger partial charge in [0.15, 0.2) is 6.29 Å². The summed E-state index contributed by atoms with van der Waals surface area (Å²) in [6, 6.07) is 6.81. The van der Waals surface area contributed by atoms with Gasteiger partial charge in [-0.05, 0) is 32.4 Å². The molecule has 1 rings (SSSR count). The summed E-state index contributed by atoms with van der Waals surface area (Å²) >= 11 is 0. The zero-order valence-electron chi connectivity index (χ0n) is 12.1. The second-order valence-electron chi connectivity index (χ2n) is 4.70. The van der Waals surface area contributed by atoms with Gasteiger partial charge in [0.2, 0.25) is 0 Å². The lowest BCUT2D eigenvalue weighted by Crippen LogP contribution is -2.43. The van der Waals surface area contributed by atoms with Crippen LogP contribution in [0.15, 0.2) is 18.2 Å². The fourth-order valence-electron chi connectivity index (χ4n) is 2.39. The predicted molar refractivity (Wildman–Crippen MR) is 74.9 cm³/mol. The standard InChI is InChI=1S/C15H25NO2/c1-6-16-14(15(17-4)18-5)10-13-8-11(2)7-12(3)9-13/h7-9,14-16H,6,10H2,1-5H3. The third kappa shape index (κ3) is 4.41. The van der Waals surface area contributed by atoms with Crippen molar-refractivity contribution in [1.29, 1.82) is 0 Å². The molecule has 1 N–H and O–H groups in total. The van der Waals surface area contributed by atoms with Gasteiger partial charge in [-0.15, -0.1) is 0 Å². The van der Waals surface area contributed by atoms with Crippen LogP contribution in [0.4, 0.5) is 0 Å². The summed E-state index contributed by atoms with van der Waals surface area (Å²) in [4.78, 5) is 0. The summed E-state index contributed by atoms with van der Waals surface area (Å²) in [5.41, 5.74) is 3.91. The molecular weight excluding hydrogens is 226 g/mol. The zero-order valence-corrected chi connectivity index (χ0v) is 12.1. The first-order chi connectivity index (χ1) is 8.60. The van der Waals surface area contributed by atoms with E-state index in [0.717, 1.165) is 13.0 Å². The zero-order chi connectivity index (χ0) is 13.5. The topological polar surface area (TPSA) is 30.5 Å². The van der Waals surface area contributed by atoms with E-state index in [0.29, 0.717) is 0 Å². The van der Waals surface area contributed by atoms with Crippen LogP contribution in [0.5, 0.6) is 0 Å². The van der Waals surface area contributed by atoms with Gasteiger partial charge in [0.25, 0.3) is 0 Å². The first-order valence-corrected chi connectivity index (χ1v) is 6.46. The molecule has 0 bridgehead atoms. The third-order valence-electron chi connectivity index (χ3n) is 3.00. The van der Waals surface area contributed by atoms with E-state index in [1.807, 2.05) is 0 Å². The molecular formula is C15H25NO2. The van der Waals surface area contributed by atoms with Gasteiger partial charge in [0.05, 0.1) is 6.04 Å². The van der Waals surface area contributed by atoms with Crippen LogP contribution in [-0.4, -0.2) is 33.1 Å². The fourth-order valence-corrected chi connectivity index (χ4v) is 2.39. The number of methoxy groups -OCH3 is 2. The van der Waals surface area contributed by atoms with Crippen LogP contribution in [0.3, 0.4) is 0 Å². The van der Waals surface area contributed by atoms with Gasteiger partial charge in [0, 0.05) is 14.2 Å². The van der Waals surface area contributed by atoms with Gasteiger partial charge in [-0.25, -0.2) is 0 Å². The molecule has 1 atom stereocenters. The lowest BCUT2D eigenvalue weighted by atomic mass is 10.0. The molecule has 0 fully saturated rings. The highest BCUT2D eigenvalue weighted by Gasteiger charge is 2.20. The van der Waals surface area contributed by atoms with E-state index in [2.05, 4.69) is 44.3 Å². The minimum Gasteiger partial charge on any atom is -0.354 e. The number of likely N-dealkylation sites (N-methyl/N-ethyl adjacent to an activating group) is 1. The molecule has 3 heteroatoms. The molecule has 102 valence electrons. The van der Waals surface area contributed by atoms with Crippen LogP contribution in [0.1, 0.15) is 23.6 Å². The largest absolute Gasteiger partial charge is 0.354 e. The molecule has 0 amide bonds. The second kappa shape index (κ2) is 7.52. The molecule has 1 aromatic rings. The van der Waals surface area contributed by atoms with Gasteiger partial charge in [0.1, 0.15) is 0 Å². The summed E-state index contributed by atoms with van der Waals surface area (Å²) in [7, 11) is 3.36. The molecule has 0 spiro atoms. The molecule has 1 unspecified atom stereocenters. The minimum absolute atomic E-state index is 0.172. The maximum absolute atomic E-state index is 5.36. The van der Waals surface area contributed by atoms with Gasteiger partial charge in [-0.2, -0.15) is 0 Å². The smallest absolute Gasteiger partial charge is 0.172 e. The maximum atomic E-state index is 5.36. The summed E-state index contributed by atoms with van der Waals surface area (Å²) in [6.45, 7) is 7.25. The molecule has 1 aromatic carbocycles. The lowest BCUT2D eigenvalue weighted by Gasteiger charge is -2.25. The Balaban J connectivity index is 2.81. The van der Waals surface area contributed by atoms with Gasteiger partial charge < -0.3 is 14.8 Å². The average molecular weight is 251 g/mol. The number of aryl methyl sites for hydroxylation is 2. The summed E-state index contributed by atoms with van der Waals surface area (Å²) in [5.74, 6) is 0. The maximum Gasteiger partial charge on any atom is 0.172 e. The fraction of sp³-hybridized carbons (Fsp3) is 0.600. The van der Waals surface area contributed by atoms with E-state index < -0.39 is 0 Å². The monoisotopic (exact) mass is 251 g/mol. The Morgan fingerprint density at radius 2 is 1.61 bits per heavy atom. The first kappa shape index (κ1) is 15.2. The van der Waals surface area contributed by atoms with Crippen LogP contribution in [0.25, 0.3) is 0 Å². The van der Waals surface area contributed by atoms with E-state index in [1.165, 1.54) is 16.7 Å². The van der Waals surface area contributed by atoms with Crippen molar-refractivity contribution in [3.05, 3.63) is 34.9 Å². The third-order valence-corrected chi connectivity index (χ3v) is 3.00. The summed E-state index contributed by atoms with van der Waals surface area (Å²) in [5, 5.41) is 3.42. The van der Waals surface area contributed by atoms with Crippen molar-refractivity contribution in [2.45, 2.75) is 39.5 Å². The van der Waals surface area contributed by atoms with Crippen molar-refractivity contribution in [1.82, 2.24) is 5.32 Å². The molecule has 3 nitrogen and oxygen atoms in total. The van der Waals surface area contributed by atoms with E-state index in [4.69, 9.17) is 9.47 Å². The van der Waals surface area contributed by atoms with Crippen LogP contribution >= 0.6 is 0 Å². The van der Waals surface area contributed by atoms with Crippen molar-refractivity contribution < 1.29 is 9.47 Å². The Labute approximate surface area is 110 Å². The highest BCUT2D eigenvalue weighted by Crippen LogP contribution is 2.13. The SMILES string of the molecule is CCNC(Cc1cc(C)cc(C)c1)C(OC)OC. The Morgan fingerprint density at radius 1 is 1.06 bits per heavy atom. The Hall–Kier alpha value is -0.900. The summed E-state index contributed by atoms with van der Waals surface area (Å²) < 4.78 is 10.7. The molecule has 0 saturated heterocycles. The molecule has 18 heavy (non-hydrogen) atoms. The first-order valence-electron chi connectivity index (χ1n) is 6.46. The van der Waals surface area contributed by atoms with Gasteiger partial charge in [-0.1, -0.05) is 36.2 Å². The van der Waals surface area contributed by atoms with E-state index in [9.17, 15) is 0 Å². The minimum atomic E-state index is -0.217. The van der Waals surface area contributed by atoms with Crippen LogP contribution in [-0.2, 0) is 15.9 Å². The van der Waals surface area contributed by atoms with Crippen LogP contribution in [0, 0.1) is 13.8 Å². The number of nitrogens with one attached hydrogen (secondary N) is 1. The Bertz CT molecular complexity index is 341. The van der Waals surface area contributed by atoms with Crippen LogP contribution < -0.4 is 5.32 Å². The Kier molecular flexibility index (Phi) is 6.33. The molecule has 0 aliphatic carbocycles. The number of hydrogen-bond donors (Lipinski definition) is 1. The molecule has 0 aliphatic rings. The molecule has 0 aliphatic heterocycles. The molecule has 0 heterocycles. The molecule has 0 radical (unpaired) electrons. The highest BCUT2D eigenvalue weighted by molar-refractivity contribution is 5.29. The van der Waals surface area contributed by atoms with Crippen LogP contribution in [0.2, 0.25) is 0 Å². The van der Waals surface area contributed by atoms with Crippen molar-refractivity contribution in [2.75, 3.05) is 20.8 Å². The predicted octanol–water partition coefficient (Wildman–Crippen LogP) is 2.44. The van der Waals surface area contributed by atoms with Gasteiger partial charge in [-0.3, -0.25) is 0 Å². The van der Waals surface area contributed by atoms with Crippen molar-refractivity contribution in [3.8, 4) is 0 Å². The van der Waals surface area contributed by atoms with Crippen molar-refractivity contribution in [3.63, 3.8) is 0 Å². The number of ether oxygens (including phenoxy) is 2. The van der Waals surface area contributed by atoms with E-state index in [-0.39, 0.29) is 12.3 Å². The number of rotatable bonds is 7. The number of hydrogen-bond acceptors (Lipinski definition) is 3. The van der Waals surface area contributed by atoms with E-state index in [1.54, 1.807) is 14.2 Å². The lowest BCUT2D eigenvalue weighted by molar-refractivity contribution is -0.122. The average Bonchev–Trinajstić information content (AvgIpc) is 2.29. The van der Waals surface area contributed by atoms with Gasteiger partial charge >= 0.3 is 0 Å². The number of benzene rings is 1. The van der Waals surface area contributed by atoms with Crippen molar-refractivity contribution >= 4 is 0 Å². The van der Waals surface area contributed by atoms with E-state index >= 15 is 0 Å². The molecule has 0 saturated carbocycles. The second-order valence-corrected chi connectivity index (χ2v) is 4.70. The molecule has 0 aromatic heterocycles. The highest BCUT2D eigenvalue weighted by atomic mass is 16.7. The summed E-state index contributed by atoms with van der Waals surface area (Å²) in [6.07, 6.45) is 0.689. The Morgan fingerprint density at radius 3 is 2.06 bits per heavy atom.